The molecular weight excluding hydrogens is 231 g/mol. The van der Waals surface area contributed by atoms with Gasteiger partial charge in [0.25, 0.3) is 0 Å². The maximum atomic E-state index is 13.6. The van der Waals surface area contributed by atoms with Gasteiger partial charge in [0.05, 0.1) is 11.6 Å². The Bertz CT molecular complexity index is 426. The van der Waals surface area contributed by atoms with Crippen molar-refractivity contribution in [1.29, 1.82) is 0 Å². The van der Waals surface area contributed by atoms with Crippen molar-refractivity contribution < 1.29 is 17.9 Å². The molecule has 94 valence electrons. The van der Waals surface area contributed by atoms with Crippen LogP contribution in [0.2, 0.25) is 0 Å². The van der Waals surface area contributed by atoms with Crippen LogP contribution in [0.4, 0.5) is 13.2 Å². The molecule has 1 unspecified atom stereocenters. The van der Waals surface area contributed by atoms with Crippen LogP contribution in [0.3, 0.4) is 0 Å². The predicted molar refractivity (Wildman–Crippen MR) is 56.8 cm³/mol. The first kappa shape index (κ1) is 12.4. The van der Waals surface area contributed by atoms with Crippen LogP contribution >= 0.6 is 0 Å². The van der Waals surface area contributed by atoms with E-state index in [2.05, 4.69) is 0 Å². The Morgan fingerprint density at radius 3 is 2.35 bits per heavy atom. The van der Waals surface area contributed by atoms with E-state index >= 15 is 0 Å². The van der Waals surface area contributed by atoms with Crippen LogP contribution in [-0.4, -0.2) is 12.7 Å². The summed E-state index contributed by atoms with van der Waals surface area (Å²) in [7, 11) is 1.50. The molecular formula is C12H14F3NO. The van der Waals surface area contributed by atoms with Crippen molar-refractivity contribution in [3.05, 3.63) is 35.1 Å². The second kappa shape index (κ2) is 4.31. The van der Waals surface area contributed by atoms with Gasteiger partial charge in [-0.25, -0.2) is 13.2 Å². The summed E-state index contributed by atoms with van der Waals surface area (Å²) in [6.45, 7) is 0. The first-order valence-corrected chi connectivity index (χ1v) is 5.46. The minimum Gasteiger partial charge on any atom is -0.376 e. The minimum atomic E-state index is -1.48. The number of halogens is 3. The molecule has 0 heterocycles. The molecule has 0 aliphatic heterocycles. The molecule has 1 saturated carbocycles. The van der Waals surface area contributed by atoms with Gasteiger partial charge in [0.15, 0.2) is 17.5 Å². The highest BCUT2D eigenvalue weighted by atomic mass is 19.2. The first-order valence-electron chi connectivity index (χ1n) is 5.46. The third-order valence-corrected chi connectivity index (χ3v) is 3.57. The molecule has 0 saturated heterocycles. The Morgan fingerprint density at radius 1 is 1.24 bits per heavy atom. The third-order valence-electron chi connectivity index (χ3n) is 3.57. The van der Waals surface area contributed by atoms with Gasteiger partial charge < -0.3 is 10.5 Å². The molecule has 1 aromatic carbocycles. The SMILES string of the molecule is COC1(C(N)c2ccc(F)c(F)c2F)CCC1. The average molecular weight is 245 g/mol. The summed E-state index contributed by atoms with van der Waals surface area (Å²) >= 11 is 0. The smallest absolute Gasteiger partial charge is 0.194 e. The molecule has 0 bridgehead atoms. The van der Waals surface area contributed by atoms with E-state index in [0.29, 0.717) is 12.8 Å². The van der Waals surface area contributed by atoms with Gasteiger partial charge in [-0.3, -0.25) is 0 Å². The molecule has 0 radical (unpaired) electrons. The maximum Gasteiger partial charge on any atom is 0.194 e. The summed E-state index contributed by atoms with van der Waals surface area (Å²) in [5.41, 5.74) is 5.23. The quantitative estimate of drug-likeness (QED) is 0.831. The molecule has 1 atom stereocenters. The van der Waals surface area contributed by atoms with Crippen LogP contribution in [0, 0.1) is 17.5 Å². The topological polar surface area (TPSA) is 35.2 Å². The van der Waals surface area contributed by atoms with Gasteiger partial charge >= 0.3 is 0 Å². The minimum absolute atomic E-state index is 0.0366. The summed E-state index contributed by atoms with van der Waals surface area (Å²) in [6.07, 6.45) is 2.33. The van der Waals surface area contributed by atoms with Crippen molar-refractivity contribution in [1.82, 2.24) is 0 Å². The number of nitrogens with two attached hydrogens (primary N) is 1. The molecule has 0 amide bonds. The van der Waals surface area contributed by atoms with Crippen LogP contribution in [0.5, 0.6) is 0 Å². The highest BCUT2D eigenvalue weighted by Gasteiger charge is 2.44. The lowest BCUT2D eigenvalue weighted by atomic mass is 9.72. The summed E-state index contributed by atoms with van der Waals surface area (Å²) in [5, 5.41) is 0. The van der Waals surface area contributed by atoms with Gasteiger partial charge in [-0.15, -0.1) is 0 Å². The summed E-state index contributed by atoms with van der Waals surface area (Å²) in [4.78, 5) is 0. The summed E-state index contributed by atoms with van der Waals surface area (Å²) in [6, 6.07) is 1.28. The molecule has 2 rings (SSSR count). The number of hydrogen-bond acceptors (Lipinski definition) is 2. The highest BCUT2D eigenvalue weighted by Crippen LogP contribution is 2.44. The van der Waals surface area contributed by atoms with Crippen molar-refractivity contribution in [2.45, 2.75) is 30.9 Å². The Balaban J connectivity index is 2.37. The molecule has 1 fully saturated rings. The fraction of sp³-hybridized carbons (Fsp3) is 0.500. The molecule has 0 aromatic heterocycles. The van der Waals surface area contributed by atoms with E-state index in [1.165, 1.54) is 13.2 Å². The van der Waals surface area contributed by atoms with Gasteiger partial charge in [0.2, 0.25) is 0 Å². The van der Waals surface area contributed by atoms with E-state index in [1.54, 1.807) is 0 Å². The molecule has 1 aromatic rings. The Hall–Kier alpha value is -1.07. The second-order valence-corrected chi connectivity index (χ2v) is 4.36. The van der Waals surface area contributed by atoms with Crippen molar-refractivity contribution in [3.8, 4) is 0 Å². The highest BCUT2D eigenvalue weighted by molar-refractivity contribution is 5.27. The van der Waals surface area contributed by atoms with Crippen molar-refractivity contribution in [2.24, 2.45) is 5.73 Å². The van der Waals surface area contributed by atoms with Crippen LogP contribution < -0.4 is 5.73 Å². The van der Waals surface area contributed by atoms with E-state index in [0.717, 1.165) is 12.5 Å². The van der Waals surface area contributed by atoms with Crippen molar-refractivity contribution >= 4 is 0 Å². The number of rotatable bonds is 3. The fourth-order valence-electron chi connectivity index (χ4n) is 2.23. The number of hydrogen-bond donors (Lipinski definition) is 1. The fourth-order valence-corrected chi connectivity index (χ4v) is 2.23. The molecule has 2 N–H and O–H groups in total. The zero-order valence-corrected chi connectivity index (χ0v) is 9.47. The number of benzene rings is 1. The molecule has 5 heteroatoms. The van der Waals surface area contributed by atoms with Gasteiger partial charge in [-0.05, 0) is 25.3 Å². The maximum absolute atomic E-state index is 13.6. The zero-order valence-electron chi connectivity index (χ0n) is 9.47. The lowest BCUT2D eigenvalue weighted by molar-refractivity contribution is -0.0918. The van der Waals surface area contributed by atoms with Crippen LogP contribution in [0.1, 0.15) is 30.9 Å². The zero-order chi connectivity index (χ0) is 12.6. The van der Waals surface area contributed by atoms with E-state index in [9.17, 15) is 13.2 Å². The number of methoxy groups -OCH3 is 1. The lowest BCUT2D eigenvalue weighted by Gasteiger charge is -2.45. The summed E-state index contributed by atoms with van der Waals surface area (Å²) in [5.74, 6) is -3.91. The van der Waals surface area contributed by atoms with Gasteiger partial charge in [-0.1, -0.05) is 6.07 Å². The van der Waals surface area contributed by atoms with Gasteiger partial charge in [0, 0.05) is 12.7 Å². The summed E-state index contributed by atoms with van der Waals surface area (Å²) < 4.78 is 44.8. The first-order chi connectivity index (χ1) is 8.02. The largest absolute Gasteiger partial charge is 0.376 e. The van der Waals surface area contributed by atoms with Crippen molar-refractivity contribution in [3.63, 3.8) is 0 Å². The van der Waals surface area contributed by atoms with E-state index in [1.807, 2.05) is 0 Å². The third kappa shape index (κ3) is 1.83. The van der Waals surface area contributed by atoms with Crippen LogP contribution in [0.15, 0.2) is 12.1 Å². The molecule has 1 aliphatic rings. The standard InChI is InChI=1S/C12H14F3NO/c1-17-12(5-2-6-12)11(16)7-3-4-8(13)10(15)9(7)14/h3-4,11H,2,5-6,16H2,1H3. The van der Waals surface area contributed by atoms with Gasteiger partial charge in [-0.2, -0.15) is 0 Å². The van der Waals surface area contributed by atoms with Crippen LogP contribution in [-0.2, 0) is 4.74 Å². The molecule has 17 heavy (non-hydrogen) atoms. The molecule has 2 nitrogen and oxygen atoms in total. The Labute approximate surface area is 97.6 Å². The monoisotopic (exact) mass is 245 g/mol. The second-order valence-electron chi connectivity index (χ2n) is 4.36. The van der Waals surface area contributed by atoms with Gasteiger partial charge in [0.1, 0.15) is 0 Å². The molecule has 1 aliphatic carbocycles. The average Bonchev–Trinajstić information content (AvgIpc) is 2.25. The molecule has 0 spiro atoms. The van der Waals surface area contributed by atoms with Crippen molar-refractivity contribution in [2.75, 3.05) is 7.11 Å². The van der Waals surface area contributed by atoms with E-state index in [-0.39, 0.29) is 5.56 Å². The van der Waals surface area contributed by atoms with E-state index in [4.69, 9.17) is 10.5 Å². The van der Waals surface area contributed by atoms with Crippen LogP contribution in [0.25, 0.3) is 0 Å². The number of ether oxygens (including phenoxy) is 1. The predicted octanol–water partition coefficient (Wildman–Crippen LogP) is 2.67. The van der Waals surface area contributed by atoms with E-state index < -0.39 is 29.1 Å². The Kier molecular flexibility index (Phi) is 3.14. The Morgan fingerprint density at radius 2 is 1.88 bits per heavy atom. The lowest BCUT2D eigenvalue weighted by Crippen LogP contribution is -2.49. The normalized spacial score (nSPS) is 19.8.